The summed E-state index contributed by atoms with van der Waals surface area (Å²) < 4.78 is 10.2. The molecule has 0 unspecified atom stereocenters. The van der Waals surface area contributed by atoms with Crippen molar-refractivity contribution in [1.82, 2.24) is 4.98 Å². The molecule has 0 aliphatic rings. The molecule has 0 saturated carbocycles. The van der Waals surface area contributed by atoms with Gasteiger partial charge in [-0.15, -0.1) is 0 Å². The first-order valence-electron chi connectivity index (χ1n) is 5.93. The fourth-order valence-corrected chi connectivity index (χ4v) is 1.81. The number of hydrogen-bond donors (Lipinski definition) is 0. The molecule has 0 aliphatic carbocycles. The van der Waals surface area contributed by atoms with Crippen molar-refractivity contribution in [3.8, 4) is 5.75 Å². The Morgan fingerprint density at radius 3 is 2.90 bits per heavy atom. The van der Waals surface area contributed by atoms with E-state index in [0.29, 0.717) is 11.1 Å². The van der Waals surface area contributed by atoms with Gasteiger partial charge in [-0.2, -0.15) is 0 Å². The predicted molar refractivity (Wildman–Crippen MR) is 72.1 cm³/mol. The zero-order valence-corrected chi connectivity index (χ0v) is 10.6. The molecule has 7 heteroatoms. The minimum atomic E-state index is -0.679. The number of hydrogen-bond acceptors (Lipinski definition) is 6. The van der Waals surface area contributed by atoms with Gasteiger partial charge in [-0.1, -0.05) is 6.07 Å². The highest BCUT2D eigenvalue weighted by Crippen LogP contribution is 2.21. The van der Waals surface area contributed by atoms with Crippen LogP contribution in [0.25, 0.3) is 11.1 Å². The van der Waals surface area contributed by atoms with Crippen LogP contribution >= 0.6 is 0 Å². The van der Waals surface area contributed by atoms with Gasteiger partial charge in [0.15, 0.2) is 12.0 Å². The van der Waals surface area contributed by atoms with Crippen LogP contribution in [0.15, 0.2) is 53.3 Å². The molecule has 0 radical (unpaired) electrons. The van der Waals surface area contributed by atoms with Crippen molar-refractivity contribution < 1.29 is 18.9 Å². The van der Waals surface area contributed by atoms with Gasteiger partial charge in [0.1, 0.15) is 11.3 Å². The van der Waals surface area contributed by atoms with Crippen molar-refractivity contribution >= 4 is 22.8 Å². The van der Waals surface area contributed by atoms with Gasteiger partial charge in [0.25, 0.3) is 5.69 Å². The second-order valence-electron chi connectivity index (χ2n) is 4.18. The summed E-state index contributed by atoms with van der Waals surface area (Å²) in [6.45, 7) is 0. The van der Waals surface area contributed by atoms with Crippen LogP contribution in [0.1, 0.15) is 10.4 Å². The monoisotopic (exact) mass is 284 g/mol. The summed E-state index contributed by atoms with van der Waals surface area (Å²) in [5, 5.41) is 10.7. The Balaban J connectivity index is 1.85. The first kappa shape index (κ1) is 12.8. The molecule has 0 amide bonds. The summed E-state index contributed by atoms with van der Waals surface area (Å²) in [6.07, 6.45) is 1.29. The van der Waals surface area contributed by atoms with Crippen LogP contribution in [-0.4, -0.2) is 15.9 Å². The van der Waals surface area contributed by atoms with E-state index in [1.54, 1.807) is 18.2 Å². The molecule has 3 aromatic rings. The fourth-order valence-electron chi connectivity index (χ4n) is 1.81. The summed E-state index contributed by atoms with van der Waals surface area (Å²) in [5.74, 6) is -0.394. The molecular weight excluding hydrogens is 276 g/mol. The Kier molecular flexibility index (Phi) is 3.07. The van der Waals surface area contributed by atoms with Gasteiger partial charge in [-0.05, 0) is 18.2 Å². The van der Waals surface area contributed by atoms with Gasteiger partial charge in [0, 0.05) is 18.2 Å². The van der Waals surface area contributed by atoms with Gasteiger partial charge in [-0.3, -0.25) is 10.1 Å². The van der Waals surface area contributed by atoms with E-state index in [2.05, 4.69) is 4.98 Å². The van der Waals surface area contributed by atoms with Crippen molar-refractivity contribution in [3.63, 3.8) is 0 Å². The maximum Gasteiger partial charge on any atom is 0.343 e. The summed E-state index contributed by atoms with van der Waals surface area (Å²) >= 11 is 0. The number of aromatic nitrogens is 1. The highest BCUT2D eigenvalue weighted by atomic mass is 16.6. The average molecular weight is 284 g/mol. The molecule has 1 heterocycles. The lowest BCUT2D eigenvalue weighted by atomic mass is 10.2. The Bertz CT molecular complexity index is 840. The molecule has 21 heavy (non-hydrogen) atoms. The lowest BCUT2D eigenvalue weighted by Gasteiger charge is -2.03. The summed E-state index contributed by atoms with van der Waals surface area (Å²) in [7, 11) is 0. The van der Waals surface area contributed by atoms with Gasteiger partial charge in [0.05, 0.1) is 10.5 Å². The number of oxazole rings is 1. The number of rotatable bonds is 3. The standard InChI is InChI=1S/C14H8N2O5/c17-14(9-2-1-3-10(6-9)16(18)19)21-11-4-5-13-12(7-11)15-8-20-13/h1-8H. The second kappa shape index (κ2) is 5.04. The van der Waals surface area contributed by atoms with E-state index in [1.807, 2.05) is 0 Å². The second-order valence-corrected chi connectivity index (χ2v) is 4.18. The molecule has 0 fully saturated rings. The number of benzene rings is 2. The molecule has 1 aromatic heterocycles. The van der Waals surface area contributed by atoms with Gasteiger partial charge < -0.3 is 9.15 Å². The third-order valence-corrected chi connectivity index (χ3v) is 2.81. The molecule has 104 valence electrons. The third kappa shape index (κ3) is 2.57. The zero-order chi connectivity index (χ0) is 14.8. The molecule has 0 spiro atoms. The summed E-state index contributed by atoms with van der Waals surface area (Å²) in [4.78, 5) is 26.0. The summed E-state index contributed by atoms with van der Waals surface area (Å²) in [5.41, 5.74) is 1.06. The van der Waals surface area contributed by atoms with E-state index in [0.717, 1.165) is 6.07 Å². The van der Waals surface area contributed by atoms with Crippen LogP contribution < -0.4 is 4.74 Å². The first-order chi connectivity index (χ1) is 10.1. The zero-order valence-electron chi connectivity index (χ0n) is 10.6. The van der Waals surface area contributed by atoms with Gasteiger partial charge >= 0.3 is 5.97 Å². The predicted octanol–water partition coefficient (Wildman–Crippen LogP) is 2.96. The number of esters is 1. The van der Waals surface area contributed by atoms with Gasteiger partial charge in [0.2, 0.25) is 0 Å². The van der Waals surface area contributed by atoms with E-state index in [4.69, 9.17) is 9.15 Å². The Morgan fingerprint density at radius 1 is 1.24 bits per heavy atom. The number of non-ortho nitro benzene ring substituents is 1. The highest BCUT2D eigenvalue weighted by molar-refractivity contribution is 5.92. The Labute approximate surface area is 117 Å². The third-order valence-electron chi connectivity index (χ3n) is 2.81. The van der Waals surface area contributed by atoms with Crippen LogP contribution in [0.2, 0.25) is 0 Å². The fraction of sp³-hybridized carbons (Fsp3) is 0. The van der Waals surface area contributed by atoms with Crippen LogP contribution in [0, 0.1) is 10.1 Å². The minimum Gasteiger partial charge on any atom is -0.443 e. The first-order valence-corrected chi connectivity index (χ1v) is 5.93. The van der Waals surface area contributed by atoms with Crippen LogP contribution in [-0.2, 0) is 0 Å². The van der Waals surface area contributed by atoms with E-state index < -0.39 is 10.9 Å². The van der Waals surface area contributed by atoms with Crippen molar-refractivity contribution in [1.29, 1.82) is 0 Å². The average Bonchev–Trinajstić information content (AvgIpc) is 2.95. The Hall–Kier alpha value is -3.22. The number of ether oxygens (including phenoxy) is 1. The summed E-state index contributed by atoms with van der Waals surface area (Å²) in [6, 6.07) is 10.1. The lowest BCUT2D eigenvalue weighted by molar-refractivity contribution is -0.384. The smallest absolute Gasteiger partial charge is 0.343 e. The number of carbonyl (C=O) groups excluding carboxylic acids is 1. The SMILES string of the molecule is O=C(Oc1ccc2ocnc2c1)c1cccc([N+](=O)[O-])c1. The molecule has 2 aromatic carbocycles. The van der Waals surface area contributed by atoms with Gasteiger partial charge in [-0.25, -0.2) is 9.78 Å². The van der Waals surface area contributed by atoms with Crippen LogP contribution in [0.5, 0.6) is 5.75 Å². The molecule has 0 saturated heterocycles. The lowest BCUT2D eigenvalue weighted by Crippen LogP contribution is -2.08. The normalized spacial score (nSPS) is 10.5. The molecule has 0 aliphatic heterocycles. The van der Waals surface area contributed by atoms with Crippen molar-refractivity contribution in [2.24, 2.45) is 0 Å². The number of nitro groups is 1. The quantitative estimate of drug-likeness (QED) is 0.317. The Morgan fingerprint density at radius 2 is 2.10 bits per heavy atom. The molecular formula is C14H8N2O5. The molecule has 0 bridgehead atoms. The van der Waals surface area contributed by atoms with E-state index in [9.17, 15) is 14.9 Å². The van der Waals surface area contributed by atoms with E-state index in [-0.39, 0.29) is 17.0 Å². The maximum absolute atomic E-state index is 12.0. The molecule has 0 atom stereocenters. The number of carbonyl (C=O) groups is 1. The van der Waals surface area contributed by atoms with Crippen molar-refractivity contribution in [3.05, 3.63) is 64.5 Å². The highest BCUT2D eigenvalue weighted by Gasteiger charge is 2.14. The topological polar surface area (TPSA) is 95.5 Å². The van der Waals surface area contributed by atoms with Crippen LogP contribution in [0.3, 0.4) is 0 Å². The molecule has 7 nitrogen and oxygen atoms in total. The number of nitro benzene ring substituents is 1. The number of fused-ring (bicyclic) bond motifs is 1. The van der Waals surface area contributed by atoms with Crippen molar-refractivity contribution in [2.75, 3.05) is 0 Å². The molecule has 3 rings (SSSR count). The van der Waals surface area contributed by atoms with E-state index >= 15 is 0 Å². The maximum atomic E-state index is 12.0. The molecule has 0 N–H and O–H groups in total. The largest absolute Gasteiger partial charge is 0.443 e. The minimum absolute atomic E-state index is 0.101. The van der Waals surface area contributed by atoms with E-state index in [1.165, 1.54) is 24.6 Å². The number of nitrogens with zero attached hydrogens (tertiary/aromatic N) is 2. The van der Waals surface area contributed by atoms with Crippen LogP contribution in [0.4, 0.5) is 5.69 Å². The van der Waals surface area contributed by atoms with Crippen molar-refractivity contribution in [2.45, 2.75) is 0 Å².